The van der Waals surface area contributed by atoms with Crippen molar-refractivity contribution in [2.75, 3.05) is 25.7 Å². The minimum absolute atomic E-state index is 0.0625. The molecule has 7 nitrogen and oxygen atoms in total. The second-order valence-corrected chi connectivity index (χ2v) is 7.72. The van der Waals surface area contributed by atoms with Gasteiger partial charge in [0.25, 0.3) is 0 Å². The van der Waals surface area contributed by atoms with Crippen molar-refractivity contribution in [2.24, 2.45) is 5.92 Å². The second-order valence-electron chi connectivity index (χ2n) is 7.50. The van der Waals surface area contributed by atoms with Crippen LogP contribution in [0.5, 0.6) is 0 Å². The van der Waals surface area contributed by atoms with Crippen molar-refractivity contribution in [3.05, 3.63) is 0 Å². The predicted octanol–water partition coefficient (Wildman–Crippen LogP) is 2.36. The average molecular weight is 375 g/mol. The fourth-order valence-corrected chi connectivity index (χ4v) is 3.39. The summed E-state index contributed by atoms with van der Waals surface area (Å²) in [6.45, 7) is 6.93. The Morgan fingerprint density at radius 3 is 2.28 bits per heavy atom. The van der Waals surface area contributed by atoms with E-state index in [1.807, 2.05) is 20.8 Å². The molecule has 0 spiro atoms. The number of hydrogen-bond acceptors (Lipinski definition) is 5. The number of rotatable bonds is 3. The van der Waals surface area contributed by atoms with Gasteiger partial charge in [0.2, 0.25) is 5.91 Å². The summed E-state index contributed by atoms with van der Waals surface area (Å²) in [6.07, 6.45) is 2.10. The number of carbonyl (C=O) groups is 3. The van der Waals surface area contributed by atoms with Crippen molar-refractivity contribution in [3.8, 4) is 0 Å². The van der Waals surface area contributed by atoms with E-state index in [0.29, 0.717) is 38.9 Å². The molecule has 2 saturated heterocycles. The third kappa shape index (κ3) is 5.23. The standard InChI is InChI=1S/C17H27ClN2O5/c1-17(2,3)25-16(23)20-8-4-5-13(20)14(21)19-9-6-12(7-10-19)15(22)24-11-18/h12-13H,4-11H2,1-3H3. The molecule has 142 valence electrons. The van der Waals surface area contributed by atoms with Gasteiger partial charge in [0.05, 0.1) is 5.92 Å². The summed E-state index contributed by atoms with van der Waals surface area (Å²) in [7, 11) is 0. The molecular weight excluding hydrogens is 348 g/mol. The van der Waals surface area contributed by atoms with Gasteiger partial charge in [-0.3, -0.25) is 14.5 Å². The summed E-state index contributed by atoms with van der Waals surface area (Å²) in [5.74, 6) is -0.584. The van der Waals surface area contributed by atoms with Gasteiger partial charge in [0, 0.05) is 19.6 Å². The molecule has 2 amide bonds. The lowest BCUT2D eigenvalue weighted by Gasteiger charge is -2.35. The highest BCUT2D eigenvalue weighted by Gasteiger charge is 2.40. The molecule has 2 rings (SSSR count). The van der Waals surface area contributed by atoms with Crippen molar-refractivity contribution in [2.45, 2.75) is 58.1 Å². The Labute approximate surface area is 153 Å². The van der Waals surface area contributed by atoms with E-state index in [0.717, 1.165) is 6.42 Å². The minimum Gasteiger partial charge on any atom is -0.449 e. The molecule has 8 heteroatoms. The van der Waals surface area contributed by atoms with Crippen molar-refractivity contribution in [1.82, 2.24) is 9.80 Å². The molecule has 0 aromatic heterocycles. The van der Waals surface area contributed by atoms with E-state index in [1.165, 1.54) is 4.90 Å². The van der Waals surface area contributed by atoms with Crippen LogP contribution in [0, 0.1) is 5.92 Å². The molecule has 0 aromatic rings. The molecule has 0 N–H and O–H groups in total. The molecule has 2 aliphatic rings. The summed E-state index contributed by atoms with van der Waals surface area (Å²) < 4.78 is 10.2. The van der Waals surface area contributed by atoms with Crippen LogP contribution in [0.3, 0.4) is 0 Å². The average Bonchev–Trinajstić information content (AvgIpc) is 3.02. The van der Waals surface area contributed by atoms with Crippen molar-refractivity contribution < 1.29 is 23.9 Å². The van der Waals surface area contributed by atoms with Crippen LogP contribution < -0.4 is 0 Å². The van der Waals surface area contributed by atoms with Gasteiger partial charge in [0.15, 0.2) is 6.07 Å². The van der Waals surface area contributed by atoms with Crippen molar-refractivity contribution in [3.63, 3.8) is 0 Å². The monoisotopic (exact) mass is 374 g/mol. The molecule has 0 aliphatic carbocycles. The Morgan fingerprint density at radius 2 is 1.72 bits per heavy atom. The number of carbonyl (C=O) groups excluding carboxylic acids is 3. The normalized spacial score (nSPS) is 22.0. The van der Waals surface area contributed by atoms with Crippen molar-refractivity contribution >= 4 is 29.6 Å². The maximum atomic E-state index is 12.8. The first-order valence-corrected chi connectivity index (χ1v) is 9.27. The molecule has 2 heterocycles. The van der Waals surface area contributed by atoms with Gasteiger partial charge in [0.1, 0.15) is 11.6 Å². The van der Waals surface area contributed by atoms with E-state index in [2.05, 4.69) is 0 Å². The van der Waals surface area contributed by atoms with Gasteiger partial charge in [-0.05, 0) is 46.5 Å². The number of piperidine rings is 1. The van der Waals surface area contributed by atoms with Gasteiger partial charge < -0.3 is 14.4 Å². The summed E-state index contributed by atoms with van der Waals surface area (Å²) in [5, 5.41) is 0. The molecule has 0 radical (unpaired) electrons. The smallest absolute Gasteiger partial charge is 0.410 e. The summed E-state index contributed by atoms with van der Waals surface area (Å²) in [6, 6.07) is -0.619. The van der Waals surface area contributed by atoms with Crippen LogP contribution >= 0.6 is 11.6 Å². The lowest BCUT2D eigenvalue weighted by molar-refractivity contribution is -0.150. The Kier molecular flexibility index (Phi) is 6.54. The zero-order valence-electron chi connectivity index (χ0n) is 15.1. The third-order valence-electron chi connectivity index (χ3n) is 4.50. The maximum Gasteiger partial charge on any atom is 0.410 e. The molecule has 1 unspecified atom stereocenters. The Bertz CT molecular complexity index is 512. The first-order chi connectivity index (χ1) is 11.7. The van der Waals surface area contributed by atoms with E-state index < -0.39 is 17.7 Å². The topological polar surface area (TPSA) is 76.2 Å². The van der Waals surface area contributed by atoms with Gasteiger partial charge in [-0.25, -0.2) is 4.79 Å². The number of halogens is 1. The molecule has 2 fully saturated rings. The van der Waals surface area contributed by atoms with Gasteiger partial charge in [-0.2, -0.15) is 0 Å². The van der Waals surface area contributed by atoms with Gasteiger partial charge in [-0.1, -0.05) is 11.6 Å². The summed E-state index contributed by atoms with van der Waals surface area (Å²) >= 11 is 5.42. The fraction of sp³-hybridized carbons (Fsp3) is 0.824. The van der Waals surface area contributed by atoms with Crippen LogP contribution in [0.1, 0.15) is 46.5 Å². The first-order valence-electron chi connectivity index (χ1n) is 8.74. The van der Waals surface area contributed by atoms with E-state index in [4.69, 9.17) is 21.1 Å². The Hall–Kier alpha value is -1.50. The highest BCUT2D eigenvalue weighted by molar-refractivity contribution is 6.17. The van der Waals surface area contributed by atoms with Crippen LogP contribution in [0.2, 0.25) is 0 Å². The lowest BCUT2D eigenvalue weighted by atomic mass is 9.96. The van der Waals surface area contributed by atoms with Crippen LogP contribution in [0.4, 0.5) is 4.79 Å². The second kappa shape index (κ2) is 8.25. The van der Waals surface area contributed by atoms with Crippen LogP contribution in [-0.2, 0) is 19.1 Å². The summed E-state index contributed by atoms with van der Waals surface area (Å²) in [4.78, 5) is 40.1. The van der Waals surface area contributed by atoms with Crippen LogP contribution in [0.25, 0.3) is 0 Å². The maximum absolute atomic E-state index is 12.8. The molecule has 0 saturated carbocycles. The predicted molar refractivity (Wildman–Crippen MR) is 92.1 cm³/mol. The number of alkyl halides is 1. The number of hydrogen-bond donors (Lipinski definition) is 0. The number of nitrogens with zero attached hydrogens (tertiary/aromatic N) is 2. The Balaban J connectivity index is 1.92. The number of amides is 2. The fourth-order valence-electron chi connectivity index (χ4n) is 3.28. The first kappa shape index (κ1) is 19.8. The van der Waals surface area contributed by atoms with E-state index in [1.54, 1.807) is 4.90 Å². The van der Waals surface area contributed by atoms with Crippen molar-refractivity contribution in [1.29, 1.82) is 0 Å². The quantitative estimate of drug-likeness (QED) is 0.560. The Morgan fingerprint density at radius 1 is 1.08 bits per heavy atom. The molecule has 0 aromatic carbocycles. The zero-order chi connectivity index (χ0) is 18.6. The molecular formula is C17H27ClN2O5. The van der Waals surface area contributed by atoms with Crippen LogP contribution in [0.15, 0.2) is 0 Å². The number of ether oxygens (including phenoxy) is 2. The summed E-state index contributed by atoms with van der Waals surface area (Å²) in [5.41, 5.74) is -0.589. The molecule has 1 atom stereocenters. The third-order valence-corrected chi connectivity index (χ3v) is 4.61. The zero-order valence-corrected chi connectivity index (χ0v) is 15.9. The SMILES string of the molecule is CC(C)(C)OC(=O)N1CCCC1C(=O)N1CCC(C(=O)OCCl)CC1. The highest BCUT2D eigenvalue weighted by atomic mass is 35.5. The molecule has 2 aliphatic heterocycles. The van der Waals surface area contributed by atoms with E-state index in [9.17, 15) is 14.4 Å². The largest absolute Gasteiger partial charge is 0.449 e. The molecule has 0 bridgehead atoms. The number of likely N-dealkylation sites (tertiary alicyclic amines) is 2. The highest BCUT2D eigenvalue weighted by Crippen LogP contribution is 2.25. The van der Waals surface area contributed by atoms with Gasteiger partial charge in [-0.15, -0.1) is 0 Å². The van der Waals surface area contributed by atoms with E-state index >= 15 is 0 Å². The minimum atomic E-state index is -0.589. The van der Waals surface area contributed by atoms with E-state index in [-0.39, 0.29) is 23.9 Å². The lowest BCUT2D eigenvalue weighted by Crippen LogP contribution is -2.51. The number of esters is 1. The molecule has 25 heavy (non-hydrogen) atoms. The van der Waals surface area contributed by atoms with Crippen LogP contribution in [-0.4, -0.2) is 65.1 Å². The van der Waals surface area contributed by atoms with Gasteiger partial charge >= 0.3 is 12.1 Å².